The zero-order valence-electron chi connectivity index (χ0n) is 11.4. The Balaban J connectivity index is 2.17. The summed E-state index contributed by atoms with van der Waals surface area (Å²) < 4.78 is 2.09. The smallest absolute Gasteiger partial charge is 0.0687 e. The molecule has 3 heteroatoms. The Kier molecular flexibility index (Phi) is 4.21. The van der Waals surface area contributed by atoms with Gasteiger partial charge in [-0.25, -0.2) is 0 Å². The van der Waals surface area contributed by atoms with Crippen LogP contribution in [0.5, 0.6) is 0 Å². The number of hydrogen-bond donors (Lipinski definition) is 1. The fourth-order valence-corrected chi connectivity index (χ4v) is 3.04. The van der Waals surface area contributed by atoms with Gasteiger partial charge in [-0.15, -0.1) is 0 Å². The first-order chi connectivity index (χ1) is 8.24. The monoisotopic (exact) mass is 235 g/mol. The van der Waals surface area contributed by atoms with E-state index < -0.39 is 0 Å². The van der Waals surface area contributed by atoms with E-state index in [-0.39, 0.29) is 0 Å². The first kappa shape index (κ1) is 12.6. The molecule has 0 atom stereocenters. The van der Waals surface area contributed by atoms with Crippen LogP contribution in [-0.2, 0) is 13.5 Å². The molecule has 0 aliphatic heterocycles. The maximum absolute atomic E-state index is 4.78. The number of nitrogens with zero attached hydrogens (tertiary/aromatic N) is 2. The molecule has 0 saturated heterocycles. The molecule has 3 nitrogen and oxygen atoms in total. The molecule has 1 N–H and O–H groups in total. The molecule has 1 aromatic heterocycles. The average Bonchev–Trinajstić information content (AvgIpc) is 2.64. The van der Waals surface area contributed by atoms with E-state index in [2.05, 4.69) is 24.0 Å². The summed E-state index contributed by atoms with van der Waals surface area (Å²) >= 11 is 0. The van der Waals surface area contributed by atoms with Crippen LogP contribution in [0.1, 0.15) is 55.0 Å². The lowest BCUT2D eigenvalue weighted by Gasteiger charge is -2.20. The predicted octanol–water partition coefficient (Wildman–Crippen LogP) is 2.54. The number of rotatable bonds is 4. The summed E-state index contributed by atoms with van der Waals surface area (Å²) in [5.74, 6) is 0.721. The van der Waals surface area contributed by atoms with Gasteiger partial charge in [-0.2, -0.15) is 5.10 Å². The van der Waals surface area contributed by atoms with E-state index in [1.807, 2.05) is 7.05 Å². The van der Waals surface area contributed by atoms with Crippen LogP contribution < -0.4 is 5.32 Å². The molecule has 0 unspecified atom stereocenters. The van der Waals surface area contributed by atoms with Crippen molar-refractivity contribution in [2.75, 3.05) is 13.6 Å². The van der Waals surface area contributed by atoms with E-state index in [9.17, 15) is 0 Å². The van der Waals surface area contributed by atoms with Crippen molar-refractivity contribution in [1.82, 2.24) is 15.1 Å². The second kappa shape index (κ2) is 5.67. The van der Waals surface area contributed by atoms with Crippen molar-refractivity contribution >= 4 is 0 Å². The molecule has 1 aliphatic rings. The lowest BCUT2D eigenvalue weighted by atomic mass is 9.85. The maximum atomic E-state index is 4.78. The van der Waals surface area contributed by atoms with Crippen LogP contribution in [0, 0.1) is 6.92 Å². The molecule has 1 aliphatic carbocycles. The van der Waals surface area contributed by atoms with Gasteiger partial charge in [-0.05, 0) is 32.4 Å². The van der Waals surface area contributed by atoms with E-state index in [0.717, 1.165) is 18.9 Å². The minimum absolute atomic E-state index is 0.721. The lowest BCUT2D eigenvalue weighted by Crippen LogP contribution is -2.13. The number of aromatic nitrogens is 2. The minimum Gasteiger partial charge on any atom is -0.319 e. The van der Waals surface area contributed by atoms with Crippen molar-refractivity contribution < 1.29 is 0 Å². The quantitative estimate of drug-likeness (QED) is 0.869. The number of aryl methyl sites for hydroxylation is 1. The Morgan fingerprint density at radius 2 is 2.00 bits per heavy atom. The fraction of sp³-hybridized carbons (Fsp3) is 0.786. The van der Waals surface area contributed by atoms with Gasteiger partial charge in [-0.3, -0.25) is 4.68 Å². The Labute approximate surface area is 105 Å². The number of nitrogens with one attached hydrogen (secondary N) is 1. The molecule has 0 aromatic carbocycles. The van der Waals surface area contributed by atoms with Crippen molar-refractivity contribution in [3.63, 3.8) is 0 Å². The van der Waals surface area contributed by atoms with Crippen molar-refractivity contribution in [2.24, 2.45) is 7.05 Å². The molecule has 0 spiro atoms. The standard InChI is InChI=1S/C14H25N3/c1-11-13(9-10-15-2)17(3)16-14(11)12-7-5-4-6-8-12/h12,15H,4-10H2,1-3H3. The van der Waals surface area contributed by atoms with Gasteiger partial charge >= 0.3 is 0 Å². The van der Waals surface area contributed by atoms with Gasteiger partial charge in [0, 0.05) is 31.6 Å². The van der Waals surface area contributed by atoms with Crippen LogP contribution in [-0.4, -0.2) is 23.4 Å². The van der Waals surface area contributed by atoms with Crippen LogP contribution in [0.25, 0.3) is 0 Å². The molecule has 1 heterocycles. The molecule has 2 rings (SSSR count). The van der Waals surface area contributed by atoms with Crippen molar-refractivity contribution in [3.05, 3.63) is 17.0 Å². The summed E-state index contributed by atoms with van der Waals surface area (Å²) in [6, 6.07) is 0. The van der Waals surface area contributed by atoms with Gasteiger partial charge in [0.15, 0.2) is 0 Å². The normalized spacial score (nSPS) is 17.6. The van der Waals surface area contributed by atoms with Gasteiger partial charge in [0.25, 0.3) is 0 Å². The third-order valence-electron chi connectivity index (χ3n) is 4.07. The van der Waals surface area contributed by atoms with Crippen molar-refractivity contribution in [3.8, 4) is 0 Å². The van der Waals surface area contributed by atoms with Crippen molar-refractivity contribution in [1.29, 1.82) is 0 Å². The molecule has 0 radical (unpaired) electrons. The molecule has 1 fully saturated rings. The van der Waals surface area contributed by atoms with Crippen LogP contribution in [0.2, 0.25) is 0 Å². The summed E-state index contributed by atoms with van der Waals surface area (Å²) in [4.78, 5) is 0. The van der Waals surface area contributed by atoms with Gasteiger partial charge in [0.05, 0.1) is 5.69 Å². The summed E-state index contributed by atoms with van der Waals surface area (Å²) in [5, 5.41) is 7.99. The zero-order valence-corrected chi connectivity index (χ0v) is 11.4. The molecule has 1 saturated carbocycles. The average molecular weight is 235 g/mol. The van der Waals surface area contributed by atoms with E-state index in [1.165, 1.54) is 49.1 Å². The minimum atomic E-state index is 0.721. The molecular weight excluding hydrogens is 210 g/mol. The Morgan fingerprint density at radius 1 is 1.29 bits per heavy atom. The first-order valence-electron chi connectivity index (χ1n) is 6.91. The highest BCUT2D eigenvalue weighted by molar-refractivity contribution is 5.28. The van der Waals surface area contributed by atoms with Gasteiger partial charge in [-0.1, -0.05) is 19.3 Å². The summed E-state index contributed by atoms with van der Waals surface area (Å²) in [7, 11) is 4.10. The highest BCUT2D eigenvalue weighted by Gasteiger charge is 2.22. The van der Waals surface area contributed by atoms with Crippen LogP contribution >= 0.6 is 0 Å². The summed E-state index contributed by atoms with van der Waals surface area (Å²) in [6.45, 7) is 3.28. The Bertz CT molecular complexity index is 362. The van der Waals surface area contributed by atoms with Crippen LogP contribution in [0.4, 0.5) is 0 Å². The highest BCUT2D eigenvalue weighted by atomic mass is 15.3. The maximum Gasteiger partial charge on any atom is 0.0687 e. The zero-order chi connectivity index (χ0) is 12.3. The van der Waals surface area contributed by atoms with Crippen LogP contribution in [0.15, 0.2) is 0 Å². The predicted molar refractivity (Wildman–Crippen MR) is 71.4 cm³/mol. The van der Waals surface area contributed by atoms with Gasteiger partial charge in [0.1, 0.15) is 0 Å². The molecule has 0 bridgehead atoms. The molecule has 96 valence electrons. The second-order valence-corrected chi connectivity index (χ2v) is 5.27. The Hall–Kier alpha value is -0.830. The molecule has 17 heavy (non-hydrogen) atoms. The molecule has 0 amide bonds. The lowest BCUT2D eigenvalue weighted by molar-refractivity contribution is 0.432. The number of hydrogen-bond acceptors (Lipinski definition) is 2. The SMILES string of the molecule is CNCCc1c(C)c(C2CCCCC2)nn1C. The summed E-state index contributed by atoms with van der Waals surface area (Å²) in [6.07, 6.45) is 7.93. The van der Waals surface area contributed by atoms with E-state index >= 15 is 0 Å². The third-order valence-corrected chi connectivity index (χ3v) is 4.07. The number of likely N-dealkylation sites (N-methyl/N-ethyl adjacent to an activating group) is 1. The van der Waals surface area contributed by atoms with Gasteiger partial charge in [0.2, 0.25) is 0 Å². The molecular formula is C14H25N3. The van der Waals surface area contributed by atoms with Crippen molar-refractivity contribution in [2.45, 2.75) is 51.4 Å². The first-order valence-corrected chi connectivity index (χ1v) is 6.91. The fourth-order valence-electron chi connectivity index (χ4n) is 3.04. The van der Waals surface area contributed by atoms with E-state index in [0.29, 0.717) is 0 Å². The highest BCUT2D eigenvalue weighted by Crippen LogP contribution is 2.34. The van der Waals surface area contributed by atoms with E-state index in [4.69, 9.17) is 5.10 Å². The molecule has 1 aromatic rings. The summed E-state index contributed by atoms with van der Waals surface area (Å²) in [5.41, 5.74) is 4.22. The largest absolute Gasteiger partial charge is 0.319 e. The second-order valence-electron chi connectivity index (χ2n) is 5.27. The van der Waals surface area contributed by atoms with Crippen LogP contribution in [0.3, 0.4) is 0 Å². The van der Waals surface area contributed by atoms with Gasteiger partial charge < -0.3 is 5.32 Å². The van der Waals surface area contributed by atoms with E-state index in [1.54, 1.807) is 0 Å². The Morgan fingerprint density at radius 3 is 2.65 bits per heavy atom. The topological polar surface area (TPSA) is 29.9 Å². The third kappa shape index (κ3) is 2.71.